The standard InChI is InChI=1S/C6H7NO3/c1-7-4-2-10-3-5(8)6(4)9/h2-3,7-8H,1H3. The fourth-order valence-corrected chi connectivity index (χ4v) is 0.584. The third-order valence-corrected chi connectivity index (χ3v) is 1.11. The van der Waals surface area contributed by atoms with Gasteiger partial charge in [-0.05, 0) is 0 Å². The van der Waals surface area contributed by atoms with Crippen LogP contribution in [0.1, 0.15) is 0 Å². The molecule has 0 aliphatic carbocycles. The van der Waals surface area contributed by atoms with Gasteiger partial charge in [0, 0.05) is 7.05 Å². The Morgan fingerprint density at radius 3 is 2.80 bits per heavy atom. The van der Waals surface area contributed by atoms with Crippen LogP contribution in [-0.2, 0) is 0 Å². The smallest absolute Gasteiger partial charge is 0.249 e. The third-order valence-electron chi connectivity index (χ3n) is 1.11. The SMILES string of the molecule is CNc1cocc(O)c1=O. The molecule has 0 radical (unpaired) electrons. The highest BCUT2D eigenvalue weighted by atomic mass is 16.3. The zero-order valence-electron chi connectivity index (χ0n) is 5.42. The van der Waals surface area contributed by atoms with Gasteiger partial charge >= 0.3 is 0 Å². The Kier molecular flexibility index (Phi) is 1.62. The van der Waals surface area contributed by atoms with E-state index in [0.717, 1.165) is 6.26 Å². The number of hydrogen-bond acceptors (Lipinski definition) is 4. The van der Waals surface area contributed by atoms with Crippen molar-refractivity contribution < 1.29 is 9.52 Å². The van der Waals surface area contributed by atoms with Crippen molar-refractivity contribution in [2.24, 2.45) is 0 Å². The van der Waals surface area contributed by atoms with Gasteiger partial charge in [-0.2, -0.15) is 0 Å². The van der Waals surface area contributed by atoms with Gasteiger partial charge in [-0.1, -0.05) is 0 Å². The van der Waals surface area contributed by atoms with E-state index in [2.05, 4.69) is 9.73 Å². The minimum absolute atomic E-state index is 0.250. The van der Waals surface area contributed by atoms with Crippen molar-refractivity contribution in [3.63, 3.8) is 0 Å². The lowest BCUT2D eigenvalue weighted by Crippen LogP contribution is -2.05. The summed E-state index contributed by atoms with van der Waals surface area (Å²) in [5.74, 6) is -0.383. The van der Waals surface area contributed by atoms with Gasteiger partial charge in [0.15, 0.2) is 0 Å². The number of hydrogen-bond donors (Lipinski definition) is 2. The lowest BCUT2D eigenvalue weighted by molar-refractivity contribution is 0.431. The van der Waals surface area contributed by atoms with E-state index in [9.17, 15) is 4.79 Å². The molecule has 0 amide bonds. The number of rotatable bonds is 1. The summed E-state index contributed by atoms with van der Waals surface area (Å²) >= 11 is 0. The molecule has 2 N–H and O–H groups in total. The maximum absolute atomic E-state index is 10.8. The van der Waals surface area contributed by atoms with E-state index in [0.29, 0.717) is 0 Å². The summed E-state index contributed by atoms with van der Waals surface area (Å²) in [6, 6.07) is 0. The fraction of sp³-hybridized carbons (Fsp3) is 0.167. The van der Waals surface area contributed by atoms with Crippen LogP contribution in [0.4, 0.5) is 5.69 Å². The van der Waals surface area contributed by atoms with Gasteiger partial charge in [0.25, 0.3) is 0 Å². The molecule has 0 spiro atoms. The molecule has 1 aromatic rings. The molecule has 10 heavy (non-hydrogen) atoms. The van der Waals surface area contributed by atoms with Crippen molar-refractivity contribution in [2.75, 3.05) is 12.4 Å². The van der Waals surface area contributed by atoms with Crippen molar-refractivity contribution in [3.05, 3.63) is 22.7 Å². The summed E-state index contributed by atoms with van der Waals surface area (Å²) in [7, 11) is 1.58. The average Bonchev–Trinajstić information content (AvgIpc) is 1.95. The van der Waals surface area contributed by atoms with Crippen LogP contribution in [0.3, 0.4) is 0 Å². The van der Waals surface area contributed by atoms with Gasteiger partial charge in [-0.3, -0.25) is 4.79 Å². The highest BCUT2D eigenvalue weighted by Crippen LogP contribution is 2.04. The highest BCUT2D eigenvalue weighted by Gasteiger charge is 2.00. The maximum atomic E-state index is 10.8. The van der Waals surface area contributed by atoms with Gasteiger partial charge < -0.3 is 14.8 Å². The summed E-state index contributed by atoms with van der Waals surface area (Å²) in [6.07, 6.45) is 2.23. The van der Waals surface area contributed by atoms with Crippen LogP contribution in [0.25, 0.3) is 0 Å². The van der Waals surface area contributed by atoms with E-state index >= 15 is 0 Å². The lowest BCUT2D eigenvalue weighted by Gasteiger charge is -1.95. The first kappa shape index (κ1) is 6.67. The van der Waals surface area contributed by atoms with Crippen molar-refractivity contribution in [3.8, 4) is 5.75 Å². The first-order valence-electron chi connectivity index (χ1n) is 2.73. The van der Waals surface area contributed by atoms with Crippen LogP contribution in [0.15, 0.2) is 21.7 Å². The summed E-state index contributed by atoms with van der Waals surface area (Å²) < 4.78 is 4.60. The van der Waals surface area contributed by atoms with Crippen LogP contribution >= 0.6 is 0 Å². The highest BCUT2D eigenvalue weighted by molar-refractivity contribution is 5.42. The quantitative estimate of drug-likeness (QED) is 0.593. The molecule has 0 unspecified atom stereocenters. The van der Waals surface area contributed by atoms with Crippen LogP contribution in [0.5, 0.6) is 5.75 Å². The molecule has 0 aliphatic heterocycles. The van der Waals surface area contributed by atoms with Crippen molar-refractivity contribution in [1.82, 2.24) is 0 Å². The molecular formula is C6H7NO3. The zero-order chi connectivity index (χ0) is 7.56. The van der Waals surface area contributed by atoms with E-state index < -0.39 is 5.43 Å². The molecule has 1 rings (SSSR count). The van der Waals surface area contributed by atoms with Crippen LogP contribution in [0, 0.1) is 0 Å². The van der Waals surface area contributed by atoms with Gasteiger partial charge in [0.2, 0.25) is 11.2 Å². The molecule has 1 heterocycles. The van der Waals surface area contributed by atoms with Gasteiger partial charge in [-0.25, -0.2) is 0 Å². The summed E-state index contributed by atoms with van der Waals surface area (Å²) in [5, 5.41) is 11.4. The third kappa shape index (κ3) is 0.953. The predicted octanol–water partition coefficient (Wildman–Crippen LogP) is 0.387. The van der Waals surface area contributed by atoms with Crippen molar-refractivity contribution in [2.45, 2.75) is 0 Å². The molecule has 4 heteroatoms. The predicted molar refractivity (Wildman–Crippen MR) is 36.2 cm³/mol. The minimum atomic E-state index is -0.450. The van der Waals surface area contributed by atoms with E-state index in [1.165, 1.54) is 6.26 Å². The molecule has 4 nitrogen and oxygen atoms in total. The number of nitrogens with one attached hydrogen (secondary N) is 1. The van der Waals surface area contributed by atoms with E-state index in [-0.39, 0.29) is 11.4 Å². The number of aromatic hydroxyl groups is 1. The second kappa shape index (κ2) is 2.43. The molecule has 0 saturated heterocycles. The first-order valence-corrected chi connectivity index (χ1v) is 2.73. The van der Waals surface area contributed by atoms with Crippen molar-refractivity contribution >= 4 is 5.69 Å². The Morgan fingerprint density at radius 1 is 1.60 bits per heavy atom. The first-order chi connectivity index (χ1) is 4.75. The topological polar surface area (TPSA) is 62.5 Å². The monoisotopic (exact) mass is 141 g/mol. The Bertz CT molecular complexity index is 279. The number of anilines is 1. The lowest BCUT2D eigenvalue weighted by atomic mass is 10.4. The average molecular weight is 141 g/mol. The molecule has 0 aromatic carbocycles. The van der Waals surface area contributed by atoms with Gasteiger partial charge in [-0.15, -0.1) is 0 Å². The Labute approximate surface area is 57.1 Å². The molecule has 0 bridgehead atoms. The zero-order valence-corrected chi connectivity index (χ0v) is 5.42. The molecule has 1 aromatic heterocycles. The van der Waals surface area contributed by atoms with Crippen LogP contribution in [0.2, 0.25) is 0 Å². The molecule has 0 aliphatic rings. The molecule has 0 atom stereocenters. The van der Waals surface area contributed by atoms with E-state index in [1.54, 1.807) is 7.05 Å². The maximum Gasteiger partial charge on any atom is 0.249 e. The molecule has 0 saturated carbocycles. The Balaban J connectivity index is 3.28. The molecule has 0 fully saturated rings. The van der Waals surface area contributed by atoms with Gasteiger partial charge in [0.05, 0.1) is 0 Å². The summed E-state index contributed by atoms with van der Waals surface area (Å²) in [4.78, 5) is 10.8. The second-order valence-electron chi connectivity index (χ2n) is 1.75. The van der Waals surface area contributed by atoms with Crippen molar-refractivity contribution in [1.29, 1.82) is 0 Å². The molecular weight excluding hydrogens is 134 g/mol. The van der Waals surface area contributed by atoms with E-state index in [1.807, 2.05) is 0 Å². The second-order valence-corrected chi connectivity index (χ2v) is 1.75. The largest absolute Gasteiger partial charge is 0.502 e. The summed E-state index contributed by atoms with van der Waals surface area (Å²) in [6.45, 7) is 0. The van der Waals surface area contributed by atoms with Gasteiger partial charge in [0.1, 0.15) is 18.2 Å². The normalized spacial score (nSPS) is 9.30. The molecule has 54 valence electrons. The summed E-state index contributed by atoms with van der Waals surface area (Å²) in [5.41, 5.74) is -0.200. The van der Waals surface area contributed by atoms with Crippen LogP contribution < -0.4 is 10.7 Å². The Morgan fingerprint density at radius 2 is 2.30 bits per heavy atom. The van der Waals surface area contributed by atoms with E-state index in [4.69, 9.17) is 5.11 Å². The van der Waals surface area contributed by atoms with Crippen LogP contribution in [-0.4, -0.2) is 12.2 Å². The minimum Gasteiger partial charge on any atom is -0.502 e. The Hall–Kier alpha value is -1.45. The fourth-order valence-electron chi connectivity index (χ4n) is 0.584.